The Kier molecular flexibility index (Phi) is 3.65. The number of hydrogen-bond acceptors (Lipinski definition) is 4. The minimum absolute atomic E-state index is 0.00437. The van der Waals surface area contributed by atoms with Crippen molar-refractivity contribution < 1.29 is 0 Å². The van der Waals surface area contributed by atoms with Crippen molar-refractivity contribution in [1.29, 1.82) is 0 Å². The number of aryl methyl sites for hydroxylation is 1. The Morgan fingerprint density at radius 2 is 2.11 bits per heavy atom. The Morgan fingerprint density at radius 1 is 1.44 bits per heavy atom. The van der Waals surface area contributed by atoms with Crippen LogP contribution in [0.3, 0.4) is 0 Å². The third-order valence-electron chi connectivity index (χ3n) is 3.41. The van der Waals surface area contributed by atoms with Gasteiger partial charge in [0.15, 0.2) is 5.11 Å². The fourth-order valence-corrected chi connectivity index (χ4v) is 2.51. The summed E-state index contributed by atoms with van der Waals surface area (Å²) in [5, 5.41) is 3.57. The van der Waals surface area contributed by atoms with Crippen molar-refractivity contribution in [2.45, 2.75) is 32.2 Å². The maximum absolute atomic E-state index is 5.56. The topological polar surface area (TPSA) is 67.1 Å². The van der Waals surface area contributed by atoms with Crippen molar-refractivity contribution in [2.75, 3.05) is 18.0 Å². The molecule has 98 valence electrons. The maximum atomic E-state index is 5.56. The second-order valence-electron chi connectivity index (χ2n) is 5.05. The van der Waals surface area contributed by atoms with Crippen LogP contribution in [-0.2, 0) is 0 Å². The highest BCUT2D eigenvalue weighted by molar-refractivity contribution is 7.80. The van der Waals surface area contributed by atoms with Crippen LogP contribution < -0.4 is 16.0 Å². The van der Waals surface area contributed by atoms with Gasteiger partial charge in [-0.15, -0.1) is 0 Å². The lowest BCUT2D eigenvalue weighted by atomic mass is 9.90. The molecule has 0 amide bonds. The number of hydrogen-bond donors (Lipinski definition) is 2. The SMILES string of the molecule is Cc1cc(N2CCC(C)(NC(N)=S)CC2)ncn1. The van der Waals surface area contributed by atoms with Crippen LogP contribution >= 0.6 is 12.2 Å². The van der Waals surface area contributed by atoms with Crippen molar-refractivity contribution >= 4 is 23.1 Å². The van der Waals surface area contributed by atoms with Crippen LogP contribution in [0.4, 0.5) is 5.82 Å². The van der Waals surface area contributed by atoms with Crippen molar-refractivity contribution in [3.05, 3.63) is 18.1 Å². The number of anilines is 1. The van der Waals surface area contributed by atoms with Crippen LogP contribution in [0.5, 0.6) is 0 Å². The molecule has 0 unspecified atom stereocenters. The van der Waals surface area contributed by atoms with E-state index < -0.39 is 0 Å². The van der Waals surface area contributed by atoms with Crippen molar-refractivity contribution in [2.24, 2.45) is 5.73 Å². The van der Waals surface area contributed by atoms with Crippen LogP contribution in [0.1, 0.15) is 25.5 Å². The van der Waals surface area contributed by atoms with E-state index in [0.29, 0.717) is 5.11 Å². The number of aromatic nitrogens is 2. The molecule has 0 spiro atoms. The Balaban J connectivity index is 2.00. The highest BCUT2D eigenvalue weighted by Crippen LogP contribution is 2.24. The van der Waals surface area contributed by atoms with E-state index in [4.69, 9.17) is 18.0 Å². The molecule has 6 heteroatoms. The Morgan fingerprint density at radius 3 is 2.67 bits per heavy atom. The molecule has 0 aliphatic carbocycles. The van der Waals surface area contributed by atoms with Crippen molar-refractivity contribution in [3.8, 4) is 0 Å². The summed E-state index contributed by atoms with van der Waals surface area (Å²) >= 11 is 4.92. The second kappa shape index (κ2) is 5.06. The molecule has 0 radical (unpaired) electrons. The third-order valence-corrected chi connectivity index (χ3v) is 3.51. The van der Waals surface area contributed by atoms with Crippen LogP contribution in [0.15, 0.2) is 12.4 Å². The number of nitrogens with zero attached hydrogens (tertiary/aromatic N) is 3. The lowest BCUT2D eigenvalue weighted by Crippen LogP contribution is -2.54. The summed E-state index contributed by atoms with van der Waals surface area (Å²) in [4.78, 5) is 10.7. The monoisotopic (exact) mass is 265 g/mol. The molecule has 1 saturated heterocycles. The van der Waals surface area contributed by atoms with E-state index in [2.05, 4.69) is 27.1 Å². The third kappa shape index (κ3) is 3.07. The van der Waals surface area contributed by atoms with Crippen molar-refractivity contribution in [3.63, 3.8) is 0 Å². The lowest BCUT2D eigenvalue weighted by molar-refractivity contribution is 0.327. The van der Waals surface area contributed by atoms with Gasteiger partial charge < -0.3 is 16.0 Å². The highest BCUT2D eigenvalue weighted by Gasteiger charge is 2.30. The standard InChI is InChI=1S/C12H19N5S/c1-9-7-10(15-8-14-9)17-5-3-12(2,4-6-17)16-11(13)18/h7-8H,3-6H2,1-2H3,(H3,13,16,18). The molecule has 5 nitrogen and oxygen atoms in total. The predicted octanol–water partition coefficient (Wildman–Crippen LogP) is 0.977. The molecule has 0 aromatic carbocycles. The van der Waals surface area contributed by atoms with E-state index in [9.17, 15) is 0 Å². The molecule has 1 aromatic heterocycles. The number of thiocarbonyl (C=S) groups is 1. The summed E-state index contributed by atoms with van der Waals surface area (Å²) in [6.07, 6.45) is 3.60. The average molecular weight is 265 g/mol. The zero-order valence-electron chi connectivity index (χ0n) is 10.8. The molecular formula is C12H19N5S. The molecule has 0 bridgehead atoms. The highest BCUT2D eigenvalue weighted by atomic mass is 32.1. The zero-order chi connectivity index (χ0) is 13.2. The first kappa shape index (κ1) is 13.0. The second-order valence-corrected chi connectivity index (χ2v) is 5.49. The summed E-state index contributed by atoms with van der Waals surface area (Å²) < 4.78 is 0. The van der Waals surface area contributed by atoms with E-state index in [1.807, 2.05) is 13.0 Å². The Bertz CT molecular complexity index is 440. The predicted molar refractivity (Wildman–Crippen MR) is 76.5 cm³/mol. The van der Waals surface area contributed by atoms with E-state index in [-0.39, 0.29) is 5.54 Å². The number of nitrogens with two attached hydrogens (primary N) is 1. The van der Waals surface area contributed by atoms with E-state index in [1.165, 1.54) is 0 Å². The van der Waals surface area contributed by atoms with Gasteiger partial charge in [0, 0.05) is 30.4 Å². The van der Waals surface area contributed by atoms with E-state index in [0.717, 1.165) is 37.4 Å². The molecule has 18 heavy (non-hydrogen) atoms. The van der Waals surface area contributed by atoms with Gasteiger partial charge in [-0.05, 0) is 38.9 Å². The molecule has 1 aromatic rings. The summed E-state index contributed by atoms with van der Waals surface area (Å²) in [7, 11) is 0. The van der Waals surface area contributed by atoms with Gasteiger partial charge in [-0.2, -0.15) is 0 Å². The van der Waals surface area contributed by atoms with Gasteiger partial charge in [0.25, 0.3) is 0 Å². The van der Waals surface area contributed by atoms with Gasteiger partial charge in [0.05, 0.1) is 0 Å². The molecule has 1 aliphatic heterocycles. The fraction of sp³-hybridized carbons (Fsp3) is 0.583. The normalized spacial score (nSPS) is 18.4. The van der Waals surface area contributed by atoms with Crippen LogP contribution in [0.25, 0.3) is 0 Å². The number of rotatable bonds is 2. The fourth-order valence-electron chi connectivity index (χ4n) is 2.27. The smallest absolute Gasteiger partial charge is 0.164 e. The van der Waals surface area contributed by atoms with E-state index in [1.54, 1.807) is 6.33 Å². The molecule has 0 atom stereocenters. The summed E-state index contributed by atoms with van der Waals surface area (Å²) in [5.74, 6) is 1.000. The molecule has 1 aliphatic rings. The Hall–Kier alpha value is -1.43. The van der Waals surface area contributed by atoms with Gasteiger partial charge in [-0.25, -0.2) is 9.97 Å². The van der Waals surface area contributed by atoms with Crippen LogP contribution in [0, 0.1) is 6.92 Å². The van der Waals surface area contributed by atoms with E-state index >= 15 is 0 Å². The molecule has 0 saturated carbocycles. The molecule has 3 N–H and O–H groups in total. The minimum Gasteiger partial charge on any atom is -0.376 e. The lowest BCUT2D eigenvalue weighted by Gasteiger charge is -2.40. The van der Waals surface area contributed by atoms with Crippen LogP contribution in [0.2, 0.25) is 0 Å². The largest absolute Gasteiger partial charge is 0.376 e. The van der Waals surface area contributed by atoms with Gasteiger partial charge in [-0.3, -0.25) is 0 Å². The molecule has 1 fully saturated rings. The summed E-state index contributed by atoms with van der Waals surface area (Å²) in [6.45, 7) is 6.04. The summed E-state index contributed by atoms with van der Waals surface area (Å²) in [5.41, 5.74) is 6.56. The first-order valence-electron chi connectivity index (χ1n) is 6.10. The first-order valence-corrected chi connectivity index (χ1v) is 6.51. The zero-order valence-corrected chi connectivity index (χ0v) is 11.6. The van der Waals surface area contributed by atoms with Crippen molar-refractivity contribution in [1.82, 2.24) is 15.3 Å². The summed E-state index contributed by atoms with van der Waals surface area (Å²) in [6, 6.07) is 2.02. The quantitative estimate of drug-likeness (QED) is 0.777. The Labute approximate surface area is 113 Å². The van der Waals surface area contributed by atoms with Gasteiger partial charge in [0.2, 0.25) is 0 Å². The van der Waals surface area contributed by atoms with Gasteiger partial charge in [-0.1, -0.05) is 0 Å². The molecular weight excluding hydrogens is 246 g/mol. The number of piperidine rings is 1. The molecule has 2 heterocycles. The number of nitrogens with one attached hydrogen (secondary N) is 1. The van der Waals surface area contributed by atoms with Gasteiger partial charge in [0.1, 0.15) is 12.1 Å². The maximum Gasteiger partial charge on any atom is 0.164 e. The first-order chi connectivity index (χ1) is 8.48. The van der Waals surface area contributed by atoms with Crippen LogP contribution in [-0.4, -0.2) is 33.7 Å². The van der Waals surface area contributed by atoms with Gasteiger partial charge >= 0.3 is 0 Å². The average Bonchev–Trinajstić information content (AvgIpc) is 2.28. The minimum atomic E-state index is 0.00437. The molecule has 2 rings (SSSR count).